The number of anilines is 2. The van der Waals surface area contributed by atoms with Crippen LogP contribution in [0.1, 0.15) is 15.9 Å². The van der Waals surface area contributed by atoms with E-state index in [1.54, 1.807) is 24.3 Å². The number of rotatable bonds is 5. The van der Waals surface area contributed by atoms with E-state index in [-0.39, 0.29) is 17.2 Å². The van der Waals surface area contributed by atoms with Crippen molar-refractivity contribution in [1.82, 2.24) is 0 Å². The van der Waals surface area contributed by atoms with Gasteiger partial charge in [0.05, 0.1) is 11.3 Å². The summed E-state index contributed by atoms with van der Waals surface area (Å²) in [6.45, 7) is 0. The number of para-hydroxylation sites is 1. The molecular formula is C18H18N2O3. The van der Waals surface area contributed by atoms with E-state index >= 15 is 0 Å². The lowest BCUT2D eigenvalue weighted by Crippen LogP contribution is -2.11. The molecule has 2 aromatic carbocycles. The summed E-state index contributed by atoms with van der Waals surface area (Å²) in [7, 11) is 3.91. The lowest BCUT2D eigenvalue weighted by Gasteiger charge is -2.11. The number of aromatic carboxylic acids is 1. The van der Waals surface area contributed by atoms with E-state index in [2.05, 4.69) is 5.32 Å². The topological polar surface area (TPSA) is 69.6 Å². The van der Waals surface area contributed by atoms with Gasteiger partial charge in [0.2, 0.25) is 5.91 Å². The predicted molar refractivity (Wildman–Crippen MR) is 91.8 cm³/mol. The smallest absolute Gasteiger partial charge is 0.337 e. The Morgan fingerprint density at radius 3 is 2.30 bits per heavy atom. The Labute approximate surface area is 134 Å². The van der Waals surface area contributed by atoms with Gasteiger partial charge in [0, 0.05) is 25.9 Å². The first-order valence-electron chi connectivity index (χ1n) is 7.06. The van der Waals surface area contributed by atoms with Gasteiger partial charge in [-0.2, -0.15) is 0 Å². The molecule has 2 aromatic rings. The van der Waals surface area contributed by atoms with E-state index in [0.29, 0.717) is 0 Å². The van der Waals surface area contributed by atoms with Gasteiger partial charge in [-0.15, -0.1) is 0 Å². The Bertz CT molecular complexity index is 734. The summed E-state index contributed by atoms with van der Waals surface area (Å²) in [5.74, 6) is -1.46. The highest BCUT2D eigenvalue weighted by molar-refractivity contribution is 6.06. The third kappa shape index (κ3) is 4.44. The molecule has 1 amide bonds. The van der Waals surface area contributed by atoms with Crippen LogP contribution in [0.4, 0.5) is 11.4 Å². The third-order valence-corrected chi connectivity index (χ3v) is 3.25. The standard InChI is InChI=1S/C18H18N2O3/c1-20(2)14-10-7-13(8-11-14)9-12-17(21)19-16-6-4-3-5-15(16)18(22)23/h3-12H,1-2H3,(H,19,21)(H,22,23)/b12-9+. The van der Waals surface area contributed by atoms with Gasteiger partial charge in [-0.05, 0) is 35.9 Å². The fraction of sp³-hybridized carbons (Fsp3) is 0.111. The van der Waals surface area contributed by atoms with Crippen molar-refractivity contribution in [3.05, 3.63) is 65.7 Å². The molecule has 0 unspecified atom stereocenters. The number of carboxylic acid groups (broad SMARTS) is 1. The second-order valence-electron chi connectivity index (χ2n) is 5.16. The maximum atomic E-state index is 11.9. The SMILES string of the molecule is CN(C)c1ccc(/C=C/C(=O)Nc2ccccc2C(=O)O)cc1. The van der Waals surface area contributed by atoms with Gasteiger partial charge in [0.15, 0.2) is 0 Å². The second-order valence-corrected chi connectivity index (χ2v) is 5.16. The maximum Gasteiger partial charge on any atom is 0.337 e. The number of nitrogens with one attached hydrogen (secondary N) is 1. The molecule has 0 fully saturated rings. The molecule has 0 radical (unpaired) electrons. The van der Waals surface area contributed by atoms with Crippen molar-refractivity contribution in [3.63, 3.8) is 0 Å². The van der Waals surface area contributed by atoms with E-state index in [0.717, 1.165) is 11.3 Å². The summed E-state index contributed by atoms with van der Waals surface area (Å²) in [5.41, 5.74) is 2.29. The molecule has 2 rings (SSSR count). The zero-order valence-electron chi connectivity index (χ0n) is 13.0. The van der Waals surface area contributed by atoms with E-state index < -0.39 is 5.97 Å². The molecule has 0 saturated heterocycles. The summed E-state index contributed by atoms with van der Waals surface area (Å²) in [6.07, 6.45) is 3.06. The normalized spacial score (nSPS) is 10.5. The van der Waals surface area contributed by atoms with Crippen LogP contribution in [0.3, 0.4) is 0 Å². The van der Waals surface area contributed by atoms with Crippen LogP contribution in [0.2, 0.25) is 0 Å². The van der Waals surface area contributed by atoms with Crippen LogP contribution in [0.25, 0.3) is 6.08 Å². The Balaban J connectivity index is 2.06. The van der Waals surface area contributed by atoms with Gasteiger partial charge in [-0.1, -0.05) is 24.3 Å². The first-order valence-corrected chi connectivity index (χ1v) is 7.06. The van der Waals surface area contributed by atoms with Crippen molar-refractivity contribution >= 4 is 29.3 Å². The van der Waals surface area contributed by atoms with Gasteiger partial charge in [0.25, 0.3) is 0 Å². The van der Waals surface area contributed by atoms with Crippen molar-refractivity contribution in [2.75, 3.05) is 24.3 Å². The highest BCUT2D eigenvalue weighted by atomic mass is 16.4. The average Bonchev–Trinajstić information content (AvgIpc) is 2.53. The summed E-state index contributed by atoms with van der Waals surface area (Å²) in [5, 5.41) is 11.7. The van der Waals surface area contributed by atoms with Crippen molar-refractivity contribution in [2.45, 2.75) is 0 Å². The minimum Gasteiger partial charge on any atom is -0.478 e. The molecule has 2 N–H and O–H groups in total. The van der Waals surface area contributed by atoms with Crippen LogP contribution in [0, 0.1) is 0 Å². The largest absolute Gasteiger partial charge is 0.478 e. The lowest BCUT2D eigenvalue weighted by atomic mass is 10.1. The van der Waals surface area contributed by atoms with Crippen molar-refractivity contribution < 1.29 is 14.7 Å². The Morgan fingerprint density at radius 2 is 1.70 bits per heavy atom. The Morgan fingerprint density at radius 1 is 1.04 bits per heavy atom. The first kappa shape index (κ1) is 16.3. The zero-order chi connectivity index (χ0) is 16.8. The highest BCUT2D eigenvalue weighted by Crippen LogP contribution is 2.16. The minimum absolute atomic E-state index is 0.0598. The van der Waals surface area contributed by atoms with Crippen molar-refractivity contribution in [3.8, 4) is 0 Å². The van der Waals surface area contributed by atoms with Gasteiger partial charge >= 0.3 is 5.97 Å². The Hall–Kier alpha value is -3.08. The van der Waals surface area contributed by atoms with Gasteiger partial charge in [-0.25, -0.2) is 4.79 Å². The molecule has 0 bridgehead atoms. The summed E-state index contributed by atoms with van der Waals surface area (Å²) in [6, 6.07) is 14.0. The number of nitrogens with zero attached hydrogens (tertiary/aromatic N) is 1. The number of carboxylic acids is 1. The molecule has 0 aromatic heterocycles. The summed E-state index contributed by atoms with van der Waals surface area (Å²) < 4.78 is 0. The Kier molecular flexibility index (Phi) is 5.15. The fourth-order valence-electron chi connectivity index (χ4n) is 2.01. The number of amides is 1. The molecule has 0 heterocycles. The van der Waals surface area contributed by atoms with Crippen LogP contribution in [-0.4, -0.2) is 31.1 Å². The van der Waals surface area contributed by atoms with Gasteiger partial charge in [0.1, 0.15) is 0 Å². The van der Waals surface area contributed by atoms with Crippen LogP contribution in [-0.2, 0) is 4.79 Å². The number of carbonyl (C=O) groups is 2. The third-order valence-electron chi connectivity index (χ3n) is 3.25. The molecule has 0 spiro atoms. The lowest BCUT2D eigenvalue weighted by molar-refractivity contribution is -0.111. The molecule has 0 aliphatic rings. The molecule has 0 saturated carbocycles. The number of benzene rings is 2. The van der Waals surface area contributed by atoms with E-state index in [1.807, 2.05) is 43.3 Å². The molecule has 0 aliphatic heterocycles. The number of carbonyl (C=O) groups excluding carboxylic acids is 1. The molecule has 23 heavy (non-hydrogen) atoms. The van der Waals surface area contributed by atoms with Crippen LogP contribution in [0.5, 0.6) is 0 Å². The van der Waals surface area contributed by atoms with E-state index in [4.69, 9.17) is 5.11 Å². The molecule has 5 nitrogen and oxygen atoms in total. The van der Waals surface area contributed by atoms with E-state index in [9.17, 15) is 9.59 Å². The molecule has 0 aliphatic carbocycles. The van der Waals surface area contributed by atoms with Crippen LogP contribution < -0.4 is 10.2 Å². The van der Waals surface area contributed by atoms with Gasteiger partial charge in [-0.3, -0.25) is 4.79 Å². The maximum absolute atomic E-state index is 11.9. The van der Waals surface area contributed by atoms with Crippen LogP contribution in [0.15, 0.2) is 54.6 Å². The molecule has 5 heteroatoms. The molecular weight excluding hydrogens is 292 g/mol. The fourth-order valence-corrected chi connectivity index (χ4v) is 2.01. The number of hydrogen-bond acceptors (Lipinski definition) is 3. The van der Waals surface area contributed by atoms with Gasteiger partial charge < -0.3 is 15.3 Å². The molecule has 118 valence electrons. The zero-order valence-corrected chi connectivity index (χ0v) is 13.0. The predicted octanol–water partition coefficient (Wildman–Crippen LogP) is 3.10. The molecule has 0 atom stereocenters. The van der Waals surface area contributed by atoms with E-state index in [1.165, 1.54) is 12.1 Å². The van der Waals surface area contributed by atoms with Crippen LogP contribution >= 0.6 is 0 Å². The monoisotopic (exact) mass is 310 g/mol. The minimum atomic E-state index is -1.08. The average molecular weight is 310 g/mol. The quantitative estimate of drug-likeness (QED) is 0.833. The van der Waals surface area contributed by atoms with Crippen molar-refractivity contribution in [1.29, 1.82) is 0 Å². The highest BCUT2D eigenvalue weighted by Gasteiger charge is 2.10. The second kappa shape index (κ2) is 7.26. The first-order chi connectivity index (χ1) is 11.0. The summed E-state index contributed by atoms with van der Waals surface area (Å²) in [4.78, 5) is 25.0. The number of hydrogen-bond donors (Lipinski definition) is 2. The summed E-state index contributed by atoms with van der Waals surface area (Å²) >= 11 is 0. The van der Waals surface area contributed by atoms with Crippen molar-refractivity contribution in [2.24, 2.45) is 0 Å².